The number of hydrogen-bond donors (Lipinski definition) is 1. The maximum Gasteiger partial charge on any atom is 0.0704 e. The highest BCUT2D eigenvalue weighted by atomic mass is 79.9. The van der Waals surface area contributed by atoms with E-state index in [1.807, 2.05) is 11.3 Å². The molecular weight excluding hydrogens is 298 g/mol. The van der Waals surface area contributed by atoms with Gasteiger partial charge in [0, 0.05) is 30.7 Å². The summed E-state index contributed by atoms with van der Waals surface area (Å²) in [7, 11) is 1.77. The van der Waals surface area contributed by atoms with Crippen molar-refractivity contribution in [3.05, 3.63) is 20.3 Å². The van der Waals surface area contributed by atoms with Gasteiger partial charge in [0.2, 0.25) is 0 Å². The predicted octanol–water partition coefficient (Wildman–Crippen LogP) is 3.90. The average molecular weight is 318 g/mol. The lowest BCUT2D eigenvalue weighted by molar-refractivity contribution is 0.182. The summed E-state index contributed by atoms with van der Waals surface area (Å²) in [6.45, 7) is 3.08. The zero-order valence-electron chi connectivity index (χ0n) is 10.5. The fourth-order valence-electron chi connectivity index (χ4n) is 2.42. The summed E-state index contributed by atoms with van der Waals surface area (Å²) in [6, 6.07) is 3.34. The second-order valence-electron chi connectivity index (χ2n) is 4.72. The monoisotopic (exact) mass is 317 g/mol. The van der Waals surface area contributed by atoms with E-state index in [9.17, 15) is 0 Å². The van der Waals surface area contributed by atoms with Crippen LogP contribution in [-0.4, -0.2) is 19.8 Å². The van der Waals surface area contributed by atoms with Crippen LogP contribution in [0.15, 0.2) is 9.85 Å². The number of hydrogen-bond acceptors (Lipinski definition) is 3. The van der Waals surface area contributed by atoms with Crippen LogP contribution in [0.1, 0.15) is 42.7 Å². The van der Waals surface area contributed by atoms with E-state index in [2.05, 4.69) is 34.2 Å². The van der Waals surface area contributed by atoms with Gasteiger partial charge in [-0.2, -0.15) is 0 Å². The molecule has 0 aliphatic heterocycles. The summed E-state index contributed by atoms with van der Waals surface area (Å²) in [5.74, 6) is 0. The molecule has 0 amide bonds. The van der Waals surface area contributed by atoms with Crippen LogP contribution in [0.3, 0.4) is 0 Å². The van der Waals surface area contributed by atoms with E-state index in [4.69, 9.17) is 4.74 Å². The van der Waals surface area contributed by atoms with Crippen molar-refractivity contribution in [1.82, 2.24) is 5.32 Å². The van der Waals surface area contributed by atoms with Gasteiger partial charge in [0.05, 0.1) is 3.79 Å². The van der Waals surface area contributed by atoms with E-state index in [1.54, 1.807) is 12.0 Å². The number of halogens is 1. The van der Waals surface area contributed by atoms with E-state index in [0.29, 0.717) is 12.1 Å². The van der Waals surface area contributed by atoms with Gasteiger partial charge >= 0.3 is 0 Å². The lowest BCUT2D eigenvalue weighted by Crippen LogP contribution is -2.33. The molecular formula is C13H20BrNOS. The van der Waals surface area contributed by atoms with Gasteiger partial charge in [0.25, 0.3) is 0 Å². The number of thiophene rings is 1. The second kappa shape index (κ2) is 6.32. The number of methoxy groups -OCH3 is 1. The van der Waals surface area contributed by atoms with E-state index in [-0.39, 0.29) is 0 Å². The van der Waals surface area contributed by atoms with Crippen LogP contribution in [-0.2, 0) is 11.2 Å². The Bertz CT molecular complexity index is 366. The maximum atomic E-state index is 5.13. The maximum absolute atomic E-state index is 5.13. The van der Waals surface area contributed by atoms with Crippen molar-refractivity contribution in [2.75, 3.05) is 13.7 Å². The summed E-state index contributed by atoms with van der Waals surface area (Å²) in [6.07, 6.45) is 4.88. The Hall–Kier alpha value is 0.100. The number of ether oxygens (including phenoxy) is 1. The Morgan fingerprint density at radius 2 is 2.47 bits per heavy atom. The Kier molecular flexibility index (Phi) is 5.03. The van der Waals surface area contributed by atoms with Crippen molar-refractivity contribution < 1.29 is 4.74 Å². The summed E-state index contributed by atoms with van der Waals surface area (Å²) in [5.41, 5.74) is 1.51. The van der Waals surface area contributed by atoms with E-state index in [0.717, 1.165) is 13.0 Å². The molecule has 1 aliphatic carbocycles. The minimum atomic E-state index is 0.518. The third-order valence-electron chi connectivity index (χ3n) is 3.32. The van der Waals surface area contributed by atoms with E-state index in [1.165, 1.54) is 28.6 Å². The summed E-state index contributed by atoms with van der Waals surface area (Å²) >= 11 is 5.49. The first-order valence-corrected chi connectivity index (χ1v) is 7.84. The molecule has 17 heavy (non-hydrogen) atoms. The predicted molar refractivity (Wildman–Crippen MR) is 76.8 cm³/mol. The molecule has 1 heterocycles. The topological polar surface area (TPSA) is 21.3 Å². The molecule has 2 unspecified atom stereocenters. The summed E-state index contributed by atoms with van der Waals surface area (Å²) in [5, 5.41) is 3.73. The van der Waals surface area contributed by atoms with Gasteiger partial charge in [-0.15, -0.1) is 11.3 Å². The number of nitrogens with one attached hydrogen (secondary N) is 1. The zero-order chi connectivity index (χ0) is 12.3. The second-order valence-corrected chi connectivity index (χ2v) is 7.24. The first kappa shape index (κ1) is 13.5. The van der Waals surface area contributed by atoms with E-state index < -0.39 is 0 Å². The quantitative estimate of drug-likeness (QED) is 0.889. The standard InChI is InChI=1S/C13H20BrNOS/c1-9(6-7-16-2)15-11-4-3-5-12-10(11)8-13(14)17-12/h8-9,11,15H,3-7H2,1-2H3. The molecule has 0 spiro atoms. The highest BCUT2D eigenvalue weighted by Crippen LogP contribution is 2.38. The number of rotatable bonds is 5. The van der Waals surface area contributed by atoms with Crippen LogP contribution in [0.25, 0.3) is 0 Å². The van der Waals surface area contributed by atoms with Crippen molar-refractivity contribution in [2.45, 2.75) is 44.7 Å². The largest absolute Gasteiger partial charge is 0.385 e. The number of aryl methyl sites for hydroxylation is 1. The highest BCUT2D eigenvalue weighted by molar-refractivity contribution is 9.11. The van der Waals surface area contributed by atoms with Crippen LogP contribution in [0, 0.1) is 0 Å². The molecule has 96 valence electrons. The third-order valence-corrected chi connectivity index (χ3v) is 5.04. The van der Waals surface area contributed by atoms with Crippen LogP contribution >= 0.6 is 27.3 Å². The minimum absolute atomic E-state index is 0.518. The van der Waals surface area contributed by atoms with Crippen LogP contribution < -0.4 is 5.32 Å². The highest BCUT2D eigenvalue weighted by Gasteiger charge is 2.23. The van der Waals surface area contributed by atoms with Crippen molar-refractivity contribution in [3.8, 4) is 0 Å². The molecule has 1 N–H and O–H groups in total. The molecule has 1 aliphatic rings. The van der Waals surface area contributed by atoms with Gasteiger partial charge in [-0.25, -0.2) is 0 Å². The van der Waals surface area contributed by atoms with Gasteiger partial charge in [-0.05, 0) is 60.2 Å². The molecule has 0 saturated heterocycles. The molecule has 0 radical (unpaired) electrons. The average Bonchev–Trinajstić information content (AvgIpc) is 2.68. The normalized spacial score (nSPS) is 21.2. The Labute approximate surface area is 116 Å². The minimum Gasteiger partial charge on any atom is -0.385 e. The summed E-state index contributed by atoms with van der Waals surface area (Å²) < 4.78 is 6.39. The molecule has 0 bridgehead atoms. The number of fused-ring (bicyclic) bond motifs is 1. The first-order valence-electron chi connectivity index (χ1n) is 6.23. The molecule has 0 aromatic carbocycles. The van der Waals surface area contributed by atoms with Crippen molar-refractivity contribution in [3.63, 3.8) is 0 Å². The first-order chi connectivity index (χ1) is 8.20. The molecule has 4 heteroatoms. The van der Waals surface area contributed by atoms with Gasteiger partial charge in [-0.3, -0.25) is 0 Å². The molecule has 2 atom stereocenters. The molecule has 2 nitrogen and oxygen atoms in total. The van der Waals surface area contributed by atoms with Crippen LogP contribution in [0.2, 0.25) is 0 Å². The molecule has 1 aromatic rings. The zero-order valence-corrected chi connectivity index (χ0v) is 12.9. The van der Waals surface area contributed by atoms with Gasteiger partial charge < -0.3 is 10.1 Å². The fraction of sp³-hybridized carbons (Fsp3) is 0.692. The fourth-order valence-corrected chi connectivity index (χ4v) is 4.24. The van der Waals surface area contributed by atoms with Gasteiger partial charge in [0.1, 0.15) is 0 Å². The smallest absolute Gasteiger partial charge is 0.0704 e. The Morgan fingerprint density at radius 3 is 3.24 bits per heavy atom. The lowest BCUT2D eigenvalue weighted by atomic mass is 9.93. The SMILES string of the molecule is COCCC(C)NC1CCCc2sc(Br)cc21. The van der Waals surface area contributed by atoms with Crippen molar-refractivity contribution in [2.24, 2.45) is 0 Å². The Morgan fingerprint density at radius 1 is 1.65 bits per heavy atom. The molecule has 0 saturated carbocycles. The van der Waals surface area contributed by atoms with E-state index >= 15 is 0 Å². The van der Waals surface area contributed by atoms with Crippen LogP contribution in [0.4, 0.5) is 0 Å². The van der Waals surface area contributed by atoms with Gasteiger partial charge in [0.15, 0.2) is 0 Å². The molecule has 1 aromatic heterocycles. The summed E-state index contributed by atoms with van der Waals surface area (Å²) in [4.78, 5) is 1.56. The van der Waals surface area contributed by atoms with Gasteiger partial charge in [-0.1, -0.05) is 0 Å². The van der Waals surface area contributed by atoms with Crippen LogP contribution in [0.5, 0.6) is 0 Å². The molecule has 0 fully saturated rings. The Balaban J connectivity index is 1.98. The van der Waals surface area contributed by atoms with Crippen molar-refractivity contribution in [1.29, 1.82) is 0 Å². The van der Waals surface area contributed by atoms with Crippen molar-refractivity contribution >= 4 is 27.3 Å². The molecule has 2 rings (SSSR count). The third kappa shape index (κ3) is 3.53. The lowest BCUT2D eigenvalue weighted by Gasteiger charge is -2.27.